The number of carboxylic acids is 1. The molecule has 0 saturated carbocycles. The van der Waals surface area contributed by atoms with Crippen LogP contribution >= 0.6 is 0 Å². The Balaban J connectivity index is 1.90. The Hall–Kier alpha value is -2.86. The summed E-state index contributed by atoms with van der Waals surface area (Å²) in [5, 5.41) is 11.3. The van der Waals surface area contributed by atoms with Crippen LogP contribution in [0.4, 0.5) is 0 Å². The Morgan fingerprint density at radius 1 is 1.08 bits per heavy atom. The molecule has 0 fully saturated rings. The monoisotopic (exact) mass is 343 g/mol. The Morgan fingerprint density at radius 2 is 1.76 bits per heavy atom. The number of carbonyl (C=O) groups is 2. The summed E-state index contributed by atoms with van der Waals surface area (Å²) in [4.78, 5) is 22.7. The van der Waals surface area contributed by atoms with Gasteiger partial charge >= 0.3 is 5.97 Å². The van der Waals surface area contributed by atoms with Gasteiger partial charge in [-0.1, -0.05) is 48.5 Å². The van der Waals surface area contributed by atoms with E-state index >= 15 is 0 Å². The third-order valence-electron chi connectivity index (χ3n) is 3.61. The molecule has 1 unspecified atom stereocenters. The fourth-order valence-electron chi connectivity index (χ4n) is 2.28. The van der Waals surface area contributed by atoms with Crippen molar-refractivity contribution < 1.29 is 24.2 Å². The lowest BCUT2D eigenvalue weighted by atomic mass is 10.0. The zero-order chi connectivity index (χ0) is 18.1. The first-order valence-electron chi connectivity index (χ1n) is 7.87. The topological polar surface area (TPSA) is 84.9 Å². The molecule has 25 heavy (non-hydrogen) atoms. The number of amides is 1. The third kappa shape index (κ3) is 5.93. The van der Waals surface area contributed by atoms with Gasteiger partial charge in [-0.25, -0.2) is 4.79 Å². The summed E-state index contributed by atoms with van der Waals surface area (Å²) in [6, 6.07) is 17.5. The van der Waals surface area contributed by atoms with E-state index in [4.69, 9.17) is 14.6 Å². The second-order valence-corrected chi connectivity index (χ2v) is 5.43. The fourth-order valence-corrected chi connectivity index (χ4v) is 2.28. The highest BCUT2D eigenvalue weighted by Gasteiger charge is 2.17. The molecule has 0 aromatic heterocycles. The van der Waals surface area contributed by atoms with Crippen molar-refractivity contribution in [2.45, 2.75) is 12.5 Å². The smallest absolute Gasteiger partial charge is 0.334 e. The molecule has 0 heterocycles. The molecule has 0 aliphatic carbocycles. The van der Waals surface area contributed by atoms with Crippen molar-refractivity contribution in [2.24, 2.45) is 0 Å². The Labute approximate surface area is 146 Å². The van der Waals surface area contributed by atoms with E-state index in [-0.39, 0.29) is 13.2 Å². The van der Waals surface area contributed by atoms with Crippen LogP contribution in [0.25, 0.3) is 0 Å². The summed E-state index contributed by atoms with van der Waals surface area (Å²) in [5.41, 5.74) is 2.12. The van der Waals surface area contributed by atoms with Crippen LogP contribution in [0.5, 0.6) is 5.75 Å². The molecular weight excluding hydrogens is 322 g/mol. The number of ether oxygens (including phenoxy) is 2. The zero-order valence-corrected chi connectivity index (χ0v) is 14.0. The first-order valence-corrected chi connectivity index (χ1v) is 7.87. The molecule has 0 spiro atoms. The Kier molecular flexibility index (Phi) is 6.98. The van der Waals surface area contributed by atoms with Crippen molar-refractivity contribution >= 4 is 11.9 Å². The summed E-state index contributed by atoms with van der Waals surface area (Å²) in [5.74, 6) is -0.905. The number of methoxy groups -OCH3 is 1. The predicted octanol–water partition coefficient (Wildman–Crippen LogP) is 1.87. The van der Waals surface area contributed by atoms with Crippen molar-refractivity contribution in [1.82, 2.24) is 5.32 Å². The van der Waals surface area contributed by atoms with Gasteiger partial charge in [0.05, 0.1) is 6.54 Å². The van der Waals surface area contributed by atoms with Crippen molar-refractivity contribution in [3.8, 4) is 5.75 Å². The van der Waals surface area contributed by atoms with Gasteiger partial charge in [0.15, 0.2) is 12.7 Å². The molecule has 0 bridgehead atoms. The van der Waals surface area contributed by atoms with Gasteiger partial charge in [0.1, 0.15) is 5.75 Å². The zero-order valence-electron chi connectivity index (χ0n) is 14.0. The van der Waals surface area contributed by atoms with Gasteiger partial charge in [0.2, 0.25) is 0 Å². The molecule has 2 aromatic carbocycles. The van der Waals surface area contributed by atoms with E-state index in [0.29, 0.717) is 12.2 Å². The van der Waals surface area contributed by atoms with Gasteiger partial charge in [-0.15, -0.1) is 0 Å². The van der Waals surface area contributed by atoms with E-state index in [2.05, 4.69) is 5.32 Å². The van der Waals surface area contributed by atoms with Gasteiger partial charge in [-0.05, 0) is 17.2 Å². The second-order valence-electron chi connectivity index (χ2n) is 5.43. The predicted molar refractivity (Wildman–Crippen MR) is 92.6 cm³/mol. The summed E-state index contributed by atoms with van der Waals surface area (Å²) in [6.45, 7) is -0.304. The number of hydrogen-bond acceptors (Lipinski definition) is 4. The van der Waals surface area contributed by atoms with Crippen LogP contribution in [0.1, 0.15) is 11.1 Å². The Morgan fingerprint density at radius 3 is 2.44 bits per heavy atom. The van der Waals surface area contributed by atoms with Gasteiger partial charge in [0, 0.05) is 13.5 Å². The van der Waals surface area contributed by atoms with Crippen LogP contribution in [0.2, 0.25) is 0 Å². The van der Waals surface area contributed by atoms with Crippen LogP contribution in [0.3, 0.4) is 0 Å². The van der Waals surface area contributed by atoms with Gasteiger partial charge < -0.3 is 19.9 Å². The van der Waals surface area contributed by atoms with Crippen molar-refractivity contribution in [3.05, 3.63) is 65.7 Å². The van der Waals surface area contributed by atoms with Crippen molar-refractivity contribution in [1.29, 1.82) is 0 Å². The third-order valence-corrected chi connectivity index (χ3v) is 3.61. The number of rotatable bonds is 9. The minimum atomic E-state index is -1.13. The van der Waals surface area contributed by atoms with E-state index in [1.165, 1.54) is 7.11 Å². The van der Waals surface area contributed by atoms with Crippen LogP contribution < -0.4 is 10.1 Å². The molecule has 6 heteroatoms. The maximum absolute atomic E-state index is 11.8. The molecule has 1 amide bonds. The van der Waals surface area contributed by atoms with Crippen LogP contribution in [0.15, 0.2) is 54.6 Å². The summed E-state index contributed by atoms with van der Waals surface area (Å²) < 4.78 is 10.4. The summed E-state index contributed by atoms with van der Waals surface area (Å²) in [7, 11) is 1.28. The van der Waals surface area contributed by atoms with Crippen LogP contribution in [0, 0.1) is 0 Å². The number of aliphatic carboxylic acids is 1. The molecule has 0 saturated heterocycles. The number of hydrogen-bond donors (Lipinski definition) is 2. The maximum Gasteiger partial charge on any atom is 0.334 e. The molecular formula is C19H21NO5. The second kappa shape index (κ2) is 9.44. The number of para-hydroxylation sites is 1. The number of nitrogens with one attached hydrogen (secondary N) is 1. The lowest BCUT2D eigenvalue weighted by Gasteiger charge is -2.13. The van der Waals surface area contributed by atoms with E-state index in [1.807, 2.05) is 48.5 Å². The number of carboxylic acid groups (broad SMARTS) is 1. The average Bonchev–Trinajstić information content (AvgIpc) is 2.62. The lowest BCUT2D eigenvalue weighted by molar-refractivity contribution is -0.148. The fraction of sp³-hybridized carbons (Fsp3) is 0.263. The first-order chi connectivity index (χ1) is 12.1. The molecule has 2 N–H and O–H groups in total. The largest absolute Gasteiger partial charge is 0.483 e. The molecule has 132 valence electrons. The molecule has 2 aromatic rings. The molecule has 0 aliphatic heterocycles. The lowest BCUT2D eigenvalue weighted by Crippen LogP contribution is -2.39. The van der Waals surface area contributed by atoms with E-state index in [9.17, 15) is 9.59 Å². The molecule has 2 rings (SSSR count). The highest BCUT2D eigenvalue weighted by Crippen LogP contribution is 2.21. The quantitative estimate of drug-likeness (QED) is 0.726. The highest BCUT2D eigenvalue weighted by atomic mass is 16.5. The van der Waals surface area contributed by atoms with Crippen molar-refractivity contribution in [3.63, 3.8) is 0 Å². The Bertz CT molecular complexity index is 702. The summed E-state index contributed by atoms with van der Waals surface area (Å²) in [6.07, 6.45) is -0.377. The standard InChI is InChI=1S/C19H21NO5/c1-24-17(19(22)23)12-20-18(21)13-25-16-10-6-5-9-15(16)11-14-7-3-2-4-8-14/h2-10,17H,11-13H2,1H3,(H,20,21)(H,22,23). The van der Waals surface area contributed by atoms with Crippen LogP contribution in [-0.4, -0.2) is 43.3 Å². The SMILES string of the molecule is COC(CNC(=O)COc1ccccc1Cc1ccccc1)C(=O)O. The molecule has 0 radical (unpaired) electrons. The molecule has 6 nitrogen and oxygen atoms in total. The normalized spacial score (nSPS) is 11.6. The number of carbonyl (C=O) groups excluding carboxylic acids is 1. The average molecular weight is 343 g/mol. The number of benzene rings is 2. The molecule has 0 aliphatic rings. The van der Waals surface area contributed by atoms with E-state index < -0.39 is 18.0 Å². The minimum absolute atomic E-state index is 0.111. The van der Waals surface area contributed by atoms with Crippen LogP contribution in [-0.2, 0) is 20.7 Å². The van der Waals surface area contributed by atoms with Gasteiger partial charge in [0.25, 0.3) is 5.91 Å². The molecule has 1 atom stereocenters. The summed E-state index contributed by atoms with van der Waals surface area (Å²) >= 11 is 0. The van der Waals surface area contributed by atoms with Crippen molar-refractivity contribution in [2.75, 3.05) is 20.3 Å². The van der Waals surface area contributed by atoms with Gasteiger partial charge in [-0.3, -0.25) is 4.79 Å². The van der Waals surface area contributed by atoms with E-state index in [0.717, 1.165) is 11.1 Å². The van der Waals surface area contributed by atoms with E-state index in [1.54, 1.807) is 6.07 Å². The highest BCUT2D eigenvalue weighted by molar-refractivity contribution is 5.79. The minimum Gasteiger partial charge on any atom is -0.483 e. The maximum atomic E-state index is 11.8. The van der Waals surface area contributed by atoms with Gasteiger partial charge in [-0.2, -0.15) is 0 Å². The first kappa shape index (κ1) is 18.5.